The summed E-state index contributed by atoms with van der Waals surface area (Å²) in [7, 11) is 0. The standard InChI is InChI=1S/C14H22N2O/c1-10-6-5-9-12(15)13(10)14(17)16-11-7-3-2-4-8-11/h7,12H,2-6,8-9,15H2,1H3,(H,16,17). The van der Waals surface area contributed by atoms with Gasteiger partial charge in [0, 0.05) is 17.3 Å². The Morgan fingerprint density at radius 1 is 1.35 bits per heavy atom. The number of nitrogens with one attached hydrogen (secondary N) is 1. The van der Waals surface area contributed by atoms with E-state index in [9.17, 15) is 4.79 Å². The summed E-state index contributed by atoms with van der Waals surface area (Å²) < 4.78 is 0. The fraction of sp³-hybridized carbons (Fsp3) is 0.643. The normalized spacial score (nSPS) is 25.5. The zero-order valence-electron chi connectivity index (χ0n) is 10.6. The Balaban J connectivity index is 2.06. The first kappa shape index (κ1) is 12.4. The van der Waals surface area contributed by atoms with Gasteiger partial charge < -0.3 is 11.1 Å². The van der Waals surface area contributed by atoms with Crippen LogP contribution in [0.3, 0.4) is 0 Å². The van der Waals surface area contributed by atoms with Crippen LogP contribution in [0.4, 0.5) is 0 Å². The molecular weight excluding hydrogens is 212 g/mol. The van der Waals surface area contributed by atoms with Crippen LogP contribution >= 0.6 is 0 Å². The number of hydrogen-bond acceptors (Lipinski definition) is 2. The van der Waals surface area contributed by atoms with Crippen LogP contribution in [0.1, 0.15) is 51.9 Å². The molecule has 0 aromatic rings. The molecule has 0 fully saturated rings. The lowest BCUT2D eigenvalue weighted by molar-refractivity contribution is -0.117. The van der Waals surface area contributed by atoms with E-state index in [1.165, 1.54) is 12.8 Å². The minimum absolute atomic E-state index is 0.0304. The Bertz CT molecular complexity index is 368. The maximum atomic E-state index is 12.2. The summed E-state index contributed by atoms with van der Waals surface area (Å²) in [6, 6.07) is -0.0760. The van der Waals surface area contributed by atoms with Crippen molar-refractivity contribution in [1.29, 1.82) is 0 Å². The molecule has 3 heteroatoms. The molecule has 2 aliphatic rings. The van der Waals surface area contributed by atoms with Gasteiger partial charge in [-0.1, -0.05) is 11.6 Å². The number of allylic oxidation sites excluding steroid dienone is 3. The van der Waals surface area contributed by atoms with Crippen molar-refractivity contribution < 1.29 is 4.79 Å². The lowest BCUT2D eigenvalue weighted by Gasteiger charge is -2.24. The second kappa shape index (κ2) is 5.50. The second-order valence-electron chi connectivity index (χ2n) is 5.12. The smallest absolute Gasteiger partial charge is 0.252 e. The molecule has 0 saturated heterocycles. The molecule has 0 spiro atoms. The van der Waals surface area contributed by atoms with Crippen molar-refractivity contribution >= 4 is 5.91 Å². The van der Waals surface area contributed by atoms with E-state index in [0.29, 0.717) is 0 Å². The van der Waals surface area contributed by atoms with Crippen molar-refractivity contribution in [2.75, 3.05) is 0 Å². The molecule has 1 unspecified atom stereocenters. The molecular formula is C14H22N2O. The molecule has 1 atom stereocenters. The highest BCUT2D eigenvalue weighted by molar-refractivity contribution is 5.96. The van der Waals surface area contributed by atoms with E-state index in [1.807, 2.05) is 6.92 Å². The first-order valence-corrected chi connectivity index (χ1v) is 6.64. The zero-order valence-corrected chi connectivity index (χ0v) is 10.6. The molecule has 2 aliphatic carbocycles. The fourth-order valence-electron chi connectivity index (χ4n) is 2.71. The lowest BCUT2D eigenvalue weighted by atomic mass is 9.88. The van der Waals surface area contributed by atoms with E-state index in [-0.39, 0.29) is 11.9 Å². The SMILES string of the molecule is CC1=C(C(=O)NC2=CCCCC2)C(N)CCC1. The van der Waals surface area contributed by atoms with Crippen molar-refractivity contribution in [3.8, 4) is 0 Å². The maximum Gasteiger partial charge on any atom is 0.252 e. The van der Waals surface area contributed by atoms with Crippen molar-refractivity contribution in [3.63, 3.8) is 0 Å². The maximum absolute atomic E-state index is 12.2. The molecule has 94 valence electrons. The highest BCUT2D eigenvalue weighted by Crippen LogP contribution is 2.24. The van der Waals surface area contributed by atoms with Crippen LogP contribution in [0, 0.1) is 0 Å². The molecule has 0 heterocycles. The minimum Gasteiger partial charge on any atom is -0.326 e. The quantitative estimate of drug-likeness (QED) is 0.770. The van der Waals surface area contributed by atoms with Crippen LogP contribution < -0.4 is 11.1 Å². The van der Waals surface area contributed by atoms with Crippen LogP contribution in [-0.2, 0) is 4.79 Å². The van der Waals surface area contributed by atoms with Gasteiger partial charge in [0.2, 0.25) is 0 Å². The van der Waals surface area contributed by atoms with Gasteiger partial charge in [0.15, 0.2) is 0 Å². The van der Waals surface area contributed by atoms with Crippen molar-refractivity contribution in [3.05, 3.63) is 22.9 Å². The Kier molecular flexibility index (Phi) is 4.00. The summed E-state index contributed by atoms with van der Waals surface area (Å²) in [5, 5.41) is 3.03. The largest absolute Gasteiger partial charge is 0.326 e. The Morgan fingerprint density at radius 3 is 2.82 bits per heavy atom. The molecule has 0 bridgehead atoms. The van der Waals surface area contributed by atoms with Crippen molar-refractivity contribution in [2.45, 2.75) is 57.9 Å². The van der Waals surface area contributed by atoms with Crippen molar-refractivity contribution in [2.24, 2.45) is 5.73 Å². The summed E-state index contributed by atoms with van der Waals surface area (Å²) in [5.41, 5.74) is 9.11. The highest BCUT2D eigenvalue weighted by Gasteiger charge is 2.24. The predicted molar refractivity (Wildman–Crippen MR) is 69.2 cm³/mol. The summed E-state index contributed by atoms with van der Waals surface area (Å²) in [5.74, 6) is 0.0304. The molecule has 0 aromatic heterocycles. The van der Waals surface area contributed by atoms with E-state index in [0.717, 1.165) is 48.9 Å². The monoisotopic (exact) mass is 234 g/mol. The molecule has 1 amide bonds. The third kappa shape index (κ3) is 2.97. The van der Waals surface area contributed by atoms with Crippen LogP contribution in [-0.4, -0.2) is 11.9 Å². The van der Waals surface area contributed by atoms with Crippen molar-refractivity contribution in [1.82, 2.24) is 5.32 Å². The van der Waals surface area contributed by atoms with E-state index >= 15 is 0 Å². The molecule has 2 rings (SSSR count). The lowest BCUT2D eigenvalue weighted by Crippen LogP contribution is -2.37. The first-order valence-electron chi connectivity index (χ1n) is 6.64. The summed E-state index contributed by atoms with van der Waals surface area (Å²) in [4.78, 5) is 12.2. The predicted octanol–water partition coefficient (Wildman–Crippen LogP) is 2.39. The van der Waals surface area contributed by atoms with Gasteiger partial charge in [-0.15, -0.1) is 0 Å². The minimum atomic E-state index is -0.0760. The third-order valence-corrected chi connectivity index (χ3v) is 3.71. The average Bonchev–Trinajstić information content (AvgIpc) is 2.30. The number of carbonyl (C=O) groups is 1. The average molecular weight is 234 g/mol. The van der Waals surface area contributed by atoms with Gasteiger partial charge in [-0.05, 0) is 51.9 Å². The van der Waals surface area contributed by atoms with E-state index < -0.39 is 0 Å². The molecule has 3 nitrogen and oxygen atoms in total. The van der Waals surface area contributed by atoms with Crippen LogP contribution in [0.25, 0.3) is 0 Å². The van der Waals surface area contributed by atoms with Gasteiger partial charge in [-0.25, -0.2) is 0 Å². The molecule has 0 radical (unpaired) electrons. The third-order valence-electron chi connectivity index (χ3n) is 3.71. The van der Waals surface area contributed by atoms with Crippen LogP contribution in [0.15, 0.2) is 22.9 Å². The fourth-order valence-corrected chi connectivity index (χ4v) is 2.71. The topological polar surface area (TPSA) is 55.1 Å². The molecule has 0 saturated carbocycles. The van der Waals surface area contributed by atoms with Gasteiger partial charge in [0.1, 0.15) is 0 Å². The molecule has 0 aliphatic heterocycles. The van der Waals surface area contributed by atoms with E-state index in [1.54, 1.807) is 0 Å². The molecule has 17 heavy (non-hydrogen) atoms. The van der Waals surface area contributed by atoms with E-state index in [4.69, 9.17) is 5.73 Å². The van der Waals surface area contributed by atoms with Crippen LogP contribution in [0.5, 0.6) is 0 Å². The van der Waals surface area contributed by atoms with Gasteiger partial charge in [-0.3, -0.25) is 4.79 Å². The summed E-state index contributed by atoms with van der Waals surface area (Å²) in [6.45, 7) is 2.03. The van der Waals surface area contributed by atoms with Gasteiger partial charge >= 0.3 is 0 Å². The van der Waals surface area contributed by atoms with E-state index in [2.05, 4.69) is 11.4 Å². The Morgan fingerprint density at radius 2 is 2.18 bits per heavy atom. The molecule has 0 aromatic carbocycles. The number of amides is 1. The van der Waals surface area contributed by atoms with Gasteiger partial charge in [0.05, 0.1) is 0 Å². The zero-order chi connectivity index (χ0) is 12.3. The number of hydrogen-bond donors (Lipinski definition) is 2. The van der Waals surface area contributed by atoms with Gasteiger partial charge in [-0.2, -0.15) is 0 Å². The number of rotatable bonds is 2. The Labute approximate surface area is 103 Å². The molecule has 3 N–H and O–H groups in total. The first-order chi connectivity index (χ1) is 8.18. The summed E-state index contributed by atoms with van der Waals surface area (Å²) in [6.07, 6.45) is 9.68. The van der Waals surface area contributed by atoms with Gasteiger partial charge in [0.25, 0.3) is 5.91 Å². The van der Waals surface area contributed by atoms with Crippen LogP contribution in [0.2, 0.25) is 0 Å². The summed E-state index contributed by atoms with van der Waals surface area (Å²) >= 11 is 0. The second-order valence-corrected chi connectivity index (χ2v) is 5.12. The number of carbonyl (C=O) groups excluding carboxylic acids is 1. The highest BCUT2D eigenvalue weighted by atomic mass is 16.1. The Hall–Kier alpha value is -1.09. The number of nitrogens with two attached hydrogens (primary N) is 1.